The van der Waals surface area contributed by atoms with Crippen molar-refractivity contribution in [2.75, 3.05) is 5.32 Å². The number of hydrogen-bond acceptors (Lipinski definition) is 2. The summed E-state index contributed by atoms with van der Waals surface area (Å²) >= 11 is 12.0. The van der Waals surface area contributed by atoms with Crippen molar-refractivity contribution in [1.29, 1.82) is 5.26 Å². The summed E-state index contributed by atoms with van der Waals surface area (Å²) < 4.78 is 0. The van der Waals surface area contributed by atoms with Crippen LogP contribution in [0.4, 0.5) is 5.69 Å². The molecule has 0 aliphatic carbocycles. The van der Waals surface area contributed by atoms with Gasteiger partial charge in [0.25, 0.3) is 5.91 Å². The Morgan fingerprint density at radius 2 is 1.75 bits per heavy atom. The second kappa shape index (κ2) is 5.96. The Kier molecular flexibility index (Phi) is 4.29. The molecule has 0 aliphatic rings. The lowest BCUT2D eigenvalue weighted by Gasteiger charge is -2.10. The summed E-state index contributed by atoms with van der Waals surface area (Å²) in [5.41, 5.74) is 1.84. The molecular weight excluding hydrogens is 295 g/mol. The lowest BCUT2D eigenvalue weighted by atomic mass is 10.1. The molecule has 0 fully saturated rings. The summed E-state index contributed by atoms with van der Waals surface area (Å²) in [4.78, 5) is 12.2. The van der Waals surface area contributed by atoms with Crippen LogP contribution in [0.3, 0.4) is 0 Å². The van der Waals surface area contributed by atoms with Crippen molar-refractivity contribution in [3.05, 3.63) is 63.1 Å². The fraction of sp³-hybridized carbons (Fsp3) is 0.0667. The average molecular weight is 305 g/mol. The molecule has 5 heteroatoms. The number of nitriles is 1. The maximum atomic E-state index is 12.2. The summed E-state index contributed by atoms with van der Waals surface area (Å²) in [7, 11) is 0. The van der Waals surface area contributed by atoms with Crippen LogP contribution < -0.4 is 5.32 Å². The molecule has 100 valence electrons. The van der Waals surface area contributed by atoms with E-state index in [2.05, 4.69) is 11.4 Å². The molecule has 0 saturated heterocycles. The van der Waals surface area contributed by atoms with E-state index in [1.54, 1.807) is 43.3 Å². The van der Waals surface area contributed by atoms with Crippen molar-refractivity contribution < 1.29 is 4.79 Å². The molecule has 0 aromatic heterocycles. The Morgan fingerprint density at radius 3 is 2.35 bits per heavy atom. The van der Waals surface area contributed by atoms with Gasteiger partial charge in [-0.3, -0.25) is 4.79 Å². The molecule has 2 rings (SSSR count). The van der Waals surface area contributed by atoms with E-state index in [-0.39, 0.29) is 15.6 Å². The minimum absolute atomic E-state index is 0.196. The predicted octanol–water partition coefficient (Wildman–Crippen LogP) is 4.43. The summed E-state index contributed by atoms with van der Waals surface area (Å²) in [5, 5.41) is 12.3. The van der Waals surface area contributed by atoms with Gasteiger partial charge in [0.2, 0.25) is 0 Å². The van der Waals surface area contributed by atoms with Crippen molar-refractivity contribution in [3.63, 3.8) is 0 Å². The fourth-order valence-corrected chi connectivity index (χ4v) is 2.39. The van der Waals surface area contributed by atoms with Gasteiger partial charge in [0, 0.05) is 0 Å². The van der Waals surface area contributed by atoms with E-state index in [0.29, 0.717) is 11.3 Å². The number of halogens is 2. The molecule has 2 aromatic carbocycles. The number of carbonyl (C=O) groups is 1. The highest BCUT2D eigenvalue weighted by Gasteiger charge is 2.16. The van der Waals surface area contributed by atoms with E-state index in [9.17, 15) is 4.79 Å². The molecule has 20 heavy (non-hydrogen) atoms. The number of aryl methyl sites for hydroxylation is 1. The van der Waals surface area contributed by atoms with Crippen molar-refractivity contribution in [2.45, 2.75) is 6.92 Å². The van der Waals surface area contributed by atoms with Gasteiger partial charge in [0.15, 0.2) is 0 Å². The SMILES string of the molecule is Cc1cccc(NC(=O)c2c(Cl)cccc2Cl)c1C#N. The molecule has 0 radical (unpaired) electrons. The van der Waals surface area contributed by atoms with Gasteiger partial charge >= 0.3 is 0 Å². The van der Waals surface area contributed by atoms with Crippen LogP contribution >= 0.6 is 23.2 Å². The molecule has 1 N–H and O–H groups in total. The molecule has 0 heterocycles. The second-order valence-corrected chi connectivity index (χ2v) is 4.97. The highest BCUT2D eigenvalue weighted by molar-refractivity contribution is 6.40. The van der Waals surface area contributed by atoms with E-state index in [0.717, 1.165) is 5.56 Å². The quantitative estimate of drug-likeness (QED) is 0.892. The zero-order valence-corrected chi connectivity index (χ0v) is 12.1. The van der Waals surface area contributed by atoms with E-state index in [1.807, 2.05) is 0 Å². The summed E-state index contributed by atoms with van der Waals surface area (Å²) in [6.07, 6.45) is 0. The maximum Gasteiger partial charge on any atom is 0.258 e. The summed E-state index contributed by atoms with van der Waals surface area (Å²) in [6.45, 7) is 1.80. The fourth-order valence-electron chi connectivity index (χ4n) is 1.82. The Hall–Kier alpha value is -2.02. The van der Waals surface area contributed by atoms with Crippen LogP contribution in [0.2, 0.25) is 10.0 Å². The van der Waals surface area contributed by atoms with Crippen molar-refractivity contribution in [3.8, 4) is 6.07 Å². The lowest BCUT2D eigenvalue weighted by Crippen LogP contribution is -2.14. The third kappa shape index (κ3) is 2.77. The molecule has 0 unspecified atom stereocenters. The van der Waals surface area contributed by atoms with Crippen molar-refractivity contribution >= 4 is 34.8 Å². The first kappa shape index (κ1) is 14.4. The number of nitrogens with one attached hydrogen (secondary N) is 1. The van der Waals surface area contributed by atoms with Gasteiger partial charge in [-0.15, -0.1) is 0 Å². The van der Waals surface area contributed by atoms with Gasteiger partial charge < -0.3 is 5.32 Å². The van der Waals surface area contributed by atoms with Gasteiger partial charge in [-0.1, -0.05) is 41.4 Å². The third-order valence-electron chi connectivity index (χ3n) is 2.82. The predicted molar refractivity (Wildman–Crippen MR) is 80.3 cm³/mol. The molecule has 2 aromatic rings. The number of nitrogens with zero attached hydrogens (tertiary/aromatic N) is 1. The first-order valence-electron chi connectivity index (χ1n) is 5.79. The Morgan fingerprint density at radius 1 is 1.15 bits per heavy atom. The first-order chi connectivity index (χ1) is 9.54. The molecule has 0 saturated carbocycles. The second-order valence-electron chi connectivity index (χ2n) is 4.16. The van der Waals surface area contributed by atoms with Crippen LogP contribution in [0.25, 0.3) is 0 Å². The molecular formula is C15H10Cl2N2O. The first-order valence-corrected chi connectivity index (χ1v) is 6.55. The lowest BCUT2D eigenvalue weighted by molar-refractivity contribution is 0.102. The zero-order chi connectivity index (χ0) is 14.7. The van der Waals surface area contributed by atoms with E-state index in [4.69, 9.17) is 28.5 Å². The molecule has 1 amide bonds. The van der Waals surface area contributed by atoms with Gasteiger partial charge in [-0.05, 0) is 30.7 Å². The monoisotopic (exact) mass is 304 g/mol. The van der Waals surface area contributed by atoms with E-state index < -0.39 is 5.91 Å². The normalized spacial score (nSPS) is 9.90. The summed E-state index contributed by atoms with van der Waals surface area (Å²) in [5.74, 6) is -0.442. The maximum absolute atomic E-state index is 12.2. The number of rotatable bonds is 2. The van der Waals surface area contributed by atoms with Crippen LogP contribution in [-0.4, -0.2) is 5.91 Å². The minimum Gasteiger partial charge on any atom is -0.321 e. The Bertz CT molecular complexity index is 700. The molecule has 0 spiro atoms. The number of anilines is 1. The van der Waals surface area contributed by atoms with Gasteiger partial charge in [0.05, 0.1) is 26.9 Å². The van der Waals surface area contributed by atoms with Crippen LogP contribution in [0.5, 0.6) is 0 Å². The smallest absolute Gasteiger partial charge is 0.258 e. The topological polar surface area (TPSA) is 52.9 Å². The van der Waals surface area contributed by atoms with Crippen molar-refractivity contribution in [1.82, 2.24) is 0 Å². The highest BCUT2D eigenvalue weighted by atomic mass is 35.5. The van der Waals surface area contributed by atoms with E-state index >= 15 is 0 Å². The Labute approximate surface area is 126 Å². The third-order valence-corrected chi connectivity index (χ3v) is 3.45. The van der Waals surface area contributed by atoms with Gasteiger partial charge in [-0.25, -0.2) is 0 Å². The average Bonchev–Trinajstić information content (AvgIpc) is 2.38. The summed E-state index contributed by atoms with van der Waals surface area (Å²) in [6, 6.07) is 12.1. The Balaban J connectivity index is 2.39. The highest BCUT2D eigenvalue weighted by Crippen LogP contribution is 2.26. The molecule has 3 nitrogen and oxygen atoms in total. The van der Waals surface area contributed by atoms with E-state index in [1.165, 1.54) is 0 Å². The van der Waals surface area contributed by atoms with Crippen LogP contribution in [0.1, 0.15) is 21.5 Å². The van der Waals surface area contributed by atoms with Crippen LogP contribution in [0.15, 0.2) is 36.4 Å². The standard InChI is InChI=1S/C15H10Cl2N2O/c1-9-4-2-7-13(10(9)8-18)19-15(20)14-11(16)5-3-6-12(14)17/h2-7H,1H3,(H,19,20). The van der Waals surface area contributed by atoms with Crippen molar-refractivity contribution in [2.24, 2.45) is 0 Å². The largest absolute Gasteiger partial charge is 0.321 e. The van der Waals surface area contributed by atoms with Crippen LogP contribution in [-0.2, 0) is 0 Å². The number of carbonyl (C=O) groups excluding carboxylic acids is 1. The van der Waals surface area contributed by atoms with Gasteiger partial charge in [0.1, 0.15) is 6.07 Å². The number of hydrogen-bond donors (Lipinski definition) is 1. The van der Waals surface area contributed by atoms with Gasteiger partial charge in [-0.2, -0.15) is 5.26 Å². The molecule has 0 bridgehead atoms. The number of amides is 1. The number of benzene rings is 2. The van der Waals surface area contributed by atoms with Crippen LogP contribution in [0, 0.1) is 18.3 Å². The minimum atomic E-state index is -0.442. The molecule has 0 aliphatic heterocycles. The zero-order valence-electron chi connectivity index (χ0n) is 10.6. The molecule has 0 atom stereocenters.